The summed E-state index contributed by atoms with van der Waals surface area (Å²) in [6.45, 7) is 1.74. The highest BCUT2D eigenvalue weighted by Gasteiger charge is 2.30. The van der Waals surface area contributed by atoms with E-state index in [1.165, 1.54) is 18.2 Å². The predicted octanol–water partition coefficient (Wildman–Crippen LogP) is 5.29. The molecule has 0 amide bonds. The molecule has 0 aliphatic rings. The molecule has 0 saturated carbocycles. The van der Waals surface area contributed by atoms with Crippen LogP contribution in [0.1, 0.15) is 27.2 Å². The molecule has 0 saturated heterocycles. The van der Waals surface area contributed by atoms with E-state index in [4.69, 9.17) is 0 Å². The molecule has 2 aromatic carbocycles. The lowest BCUT2D eigenvalue weighted by Crippen LogP contribution is -2.05. The standard InChI is InChI=1S/C20H13F3N2O/c1-12-18(16-4-2-3-5-17(16)25-12)19(26)14(11-24)10-13-6-8-15(9-7-13)20(21,22)23/h2-10,25H,1H3/b14-10-. The maximum absolute atomic E-state index is 12.8. The molecule has 1 aromatic heterocycles. The van der Waals surface area contributed by atoms with Gasteiger partial charge in [-0.05, 0) is 36.8 Å². The predicted molar refractivity (Wildman–Crippen MR) is 92.4 cm³/mol. The van der Waals surface area contributed by atoms with E-state index >= 15 is 0 Å². The molecule has 1 N–H and O–H groups in total. The molecule has 26 heavy (non-hydrogen) atoms. The van der Waals surface area contributed by atoms with Gasteiger partial charge in [0.1, 0.15) is 11.6 Å². The van der Waals surface area contributed by atoms with Crippen LogP contribution in [0.25, 0.3) is 17.0 Å². The van der Waals surface area contributed by atoms with Crippen molar-refractivity contribution in [3.63, 3.8) is 0 Å². The number of nitrogens with zero attached hydrogens (tertiary/aromatic N) is 1. The topological polar surface area (TPSA) is 56.6 Å². The Bertz CT molecular complexity index is 1050. The van der Waals surface area contributed by atoms with E-state index < -0.39 is 17.5 Å². The minimum absolute atomic E-state index is 0.141. The lowest BCUT2D eigenvalue weighted by atomic mass is 9.99. The van der Waals surface area contributed by atoms with E-state index in [9.17, 15) is 23.2 Å². The number of aromatic amines is 1. The molecule has 3 rings (SSSR count). The van der Waals surface area contributed by atoms with Gasteiger partial charge < -0.3 is 4.98 Å². The van der Waals surface area contributed by atoms with E-state index in [1.54, 1.807) is 19.1 Å². The van der Waals surface area contributed by atoms with Crippen LogP contribution in [-0.2, 0) is 6.18 Å². The maximum atomic E-state index is 12.8. The van der Waals surface area contributed by atoms with E-state index in [2.05, 4.69) is 4.98 Å². The second kappa shape index (κ2) is 6.52. The highest BCUT2D eigenvalue weighted by Crippen LogP contribution is 2.30. The molecular weight excluding hydrogens is 341 g/mol. The van der Waals surface area contributed by atoms with E-state index in [0.29, 0.717) is 22.2 Å². The molecule has 6 heteroatoms. The Morgan fingerprint density at radius 2 is 1.77 bits per heavy atom. The molecule has 1 heterocycles. The molecule has 0 unspecified atom stereocenters. The molecule has 0 radical (unpaired) electrons. The molecule has 3 nitrogen and oxygen atoms in total. The summed E-state index contributed by atoms with van der Waals surface area (Å²) in [5.41, 5.74) is 1.22. The van der Waals surface area contributed by atoms with Crippen molar-refractivity contribution in [2.75, 3.05) is 0 Å². The quantitative estimate of drug-likeness (QED) is 0.395. The number of hydrogen-bond acceptors (Lipinski definition) is 2. The largest absolute Gasteiger partial charge is 0.416 e. The van der Waals surface area contributed by atoms with Gasteiger partial charge in [0, 0.05) is 16.6 Å². The molecule has 130 valence electrons. The van der Waals surface area contributed by atoms with Crippen molar-refractivity contribution in [3.05, 3.63) is 76.5 Å². The fourth-order valence-corrected chi connectivity index (χ4v) is 2.79. The molecule has 0 spiro atoms. The number of alkyl halides is 3. The number of Topliss-reactive ketones (excluding diaryl/α,β-unsaturated/α-hetero) is 1. The molecule has 0 atom stereocenters. The fraction of sp³-hybridized carbons (Fsp3) is 0.100. The summed E-state index contributed by atoms with van der Waals surface area (Å²) in [6, 6.07) is 13.4. The number of nitrogens with one attached hydrogen (secondary N) is 1. The normalized spacial score (nSPS) is 12.2. The molecular formula is C20H13F3N2O. The zero-order valence-corrected chi connectivity index (χ0v) is 13.7. The lowest BCUT2D eigenvalue weighted by Gasteiger charge is -2.06. The minimum atomic E-state index is -4.43. The van der Waals surface area contributed by atoms with Crippen LogP contribution in [0.15, 0.2) is 54.1 Å². The van der Waals surface area contributed by atoms with Crippen LogP contribution in [-0.4, -0.2) is 10.8 Å². The number of H-pyrrole nitrogens is 1. The minimum Gasteiger partial charge on any atom is -0.358 e. The van der Waals surface area contributed by atoms with Crippen molar-refractivity contribution < 1.29 is 18.0 Å². The van der Waals surface area contributed by atoms with Crippen molar-refractivity contribution in [3.8, 4) is 6.07 Å². The fourth-order valence-electron chi connectivity index (χ4n) is 2.79. The molecule has 0 bridgehead atoms. The van der Waals surface area contributed by atoms with Crippen molar-refractivity contribution in [1.82, 2.24) is 4.98 Å². The summed E-state index contributed by atoms with van der Waals surface area (Å²) >= 11 is 0. The van der Waals surface area contributed by atoms with Gasteiger partial charge in [-0.25, -0.2) is 0 Å². The average molecular weight is 354 g/mol. The van der Waals surface area contributed by atoms with E-state index in [1.807, 2.05) is 18.2 Å². The number of fused-ring (bicyclic) bond motifs is 1. The summed E-state index contributed by atoms with van der Waals surface area (Å²) in [6.07, 6.45) is -3.14. The van der Waals surface area contributed by atoms with E-state index in [-0.39, 0.29) is 5.57 Å². The zero-order valence-electron chi connectivity index (χ0n) is 13.7. The number of ketones is 1. The van der Waals surface area contributed by atoms with Gasteiger partial charge in [-0.2, -0.15) is 18.4 Å². The van der Waals surface area contributed by atoms with Crippen LogP contribution in [0.3, 0.4) is 0 Å². The number of hydrogen-bond donors (Lipinski definition) is 1. The SMILES string of the molecule is Cc1[nH]c2ccccc2c1C(=O)/C(C#N)=C\c1ccc(C(F)(F)F)cc1. The summed E-state index contributed by atoms with van der Waals surface area (Å²) in [5, 5.41) is 10.1. The maximum Gasteiger partial charge on any atom is 0.416 e. The van der Waals surface area contributed by atoms with Crippen LogP contribution >= 0.6 is 0 Å². The highest BCUT2D eigenvalue weighted by molar-refractivity contribution is 6.20. The average Bonchev–Trinajstić information content (AvgIpc) is 2.94. The van der Waals surface area contributed by atoms with Gasteiger partial charge in [0.15, 0.2) is 0 Å². The zero-order chi connectivity index (χ0) is 18.9. The monoisotopic (exact) mass is 354 g/mol. The number of halogens is 3. The van der Waals surface area contributed by atoms with Crippen LogP contribution < -0.4 is 0 Å². The van der Waals surface area contributed by atoms with Crippen LogP contribution in [0.4, 0.5) is 13.2 Å². The first-order valence-corrected chi connectivity index (χ1v) is 7.72. The van der Waals surface area contributed by atoms with Crippen LogP contribution in [0.5, 0.6) is 0 Å². The third-order valence-corrected chi connectivity index (χ3v) is 4.03. The highest BCUT2D eigenvalue weighted by atomic mass is 19.4. The number of aromatic nitrogens is 1. The van der Waals surface area contributed by atoms with Crippen molar-refractivity contribution >= 4 is 22.8 Å². The summed E-state index contributed by atoms with van der Waals surface area (Å²) in [4.78, 5) is 15.9. The van der Waals surface area contributed by atoms with E-state index in [0.717, 1.165) is 17.6 Å². The van der Waals surface area contributed by atoms with Crippen molar-refractivity contribution in [2.24, 2.45) is 0 Å². The summed E-state index contributed by atoms with van der Waals surface area (Å²) < 4.78 is 37.9. The molecule has 0 fully saturated rings. The number of rotatable bonds is 3. The van der Waals surface area contributed by atoms with Gasteiger partial charge in [-0.15, -0.1) is 0 Å². The third-order valence-electron chi connectivity index (χ3n) is 4.03. The van der Waals surface area contributed by atoms with Crippen LogP contribution in [0, 0.1) is 18.3 Å². The Balaban J connectivity index is 2.00. The first kappa shape index (κ1) is 17.5. The number of aryl methyl sites for hydroxylation is 1. The third kappa shape index (κ3) is 3.24. The number of carbonyl (C=O) groups is 1. The second-order valence-corrected chi connectivity index (χ2v) is 5.79. The molecule has 0 aliphatic carbocycles. The Labute approximate surface area is 147 Å². The summed E-state index contributed by atoms with van der Waals surface area (Å²) in [7, 11) is 0. The molecule has 0 aliphatic heterocycles. The number of nitriles is 1. The number of para-hydroxylation sites is 1. The summed E-state index contributed by atoms with van der Waals surface area (Å²) in [5.74, 6) is -0.470. The Morgan fingerprint density at radius 3 is 2.38 bits per heavy atom. The van der Waals surface area contributed by atoms with Gasteiger partial charge >= 0.3 is 6.18 Å². The Kier molecular flexibility index (Phi) is 4.39. The van der Waals surface area contributed by atoms with Crippen LogP contribution in [0.2, 0.25) is 0 Å². The number of benzene rings is 2. The first-order valence-electron chi connectivity index (χ1n) is 7.72. The van der Waals surface area contributed by atoms with Crippen molar-refractivity contribution in [2.45, 2.75) is 13.1 Å². The van der Waals surface area contributed by atoms with Gasteiger partial charge in [0.05, 0.1) is 11.1 Å². The smallest absolute Gasteiger partial charge is 0.358 e. The molecule has 3 aromatic rings. The Morgan fingerprint density at radius 1 is 1.12 bits per heavy atom. The van der Waals surface area contributed by atoms with Gasteiger partial charge in [-0.3, -0.25) is 4.79 Å². The van der Waals surface area contributed by atoms with Gasteiger partial charge in [0.25, 0.3) is 0 Å². The van der Waals surface area contributed by atoms with Crippen molar-refractivity contribution in [1.29, 1.82) is 5.26 Å². The van der Waals surface area contributed by atoms with Gasteiger partial charge in [0.2, 0.25) is 5.78 Å². The second-order valence-electron chi connectivity index (χ2n) is 5.79. The Hall–Kier alpha value is -3.33. The first-order chi connectivity index (χ1) is 12.3. The number of allylic oxidation sites excluding steroid dienone is 1. The number of carbonyl (C=O) groups excluding carboxylic acids is 1. The lowest BCUT2D eigenvalue weighted by molar-refractivity contribution is -0.137. The van der Waals surface area contributed by atoms with Gasteiger partial charge in [-0.1, -0.05) is 30.3 Å².